The number of hydrogen-bond donors (Lipinski definition) is 1. The van der Waals surface area contributed by atoms with Gasteiger partial charge in [0.1, 0.15) is 5.01 Å². The summed E-state index contributed by atoms with van der Waals surface area (Å²) < 4.78 is 1.23. The summed E-state index contributed by atoms with van der Waals surface area (Å²) >= 11 is 1.70. The quantitative estimate of drug-likeness (QED) is 0.699. The number of rotatable bonds is 2. The third-order valence-corrected chi connectivity index (χ3v) is 4.10. The van der Waals surface area contributed by atoms with Crippen LogP contribution in [0, 0.1) is 0 Å². The van der Waals surface area contributed by atoms with Crippen LogP contribution in [0.3, 0.4) is 0 Å². The monoisotopic (exact) mass is 254 g/mol. The number of aromatic nitrogens is 1. The lowest BCUT2D eigenvalue weighted by Crippen LogP contribution is -1.88. The Morgan fingerprint density at radius 1 is 1.17 bits per heavy atom. The van der Waals surface area contributed by atoms with Crippen LogP contribution in [0.2, 0.25) is 0 Å². The number of nitrogen functional groups attached to an aromatic ring is 1. The maximum atomic E-state index is 6.00. The maximum absolute atomic E-state index is 6.00. The fraction of sp³-hybridized carbons (Fsp3) is 0.133. The molecule has 0 fully saturated rings. The molecule has 3 rings (SSSR count). The van der Waals surface area contributed by atoms with E-state index in [0.29, 0.717) is 0 Å². The topological polar surface area (TPSA) is 38.9 Å². The van der Waals surface area contributed by atoms with Crippen molar-refractivity contribution in [1.29, 1.82) is 0 Å². The van der Waals surface area contributed by atoms with Gasteiger partial charge in [-0.3, -0.25) is 0 Å². The Balaban J connectivity index is 2.17. The number of anilines is 1. The lowest BCUT2D eigenvalue weighted by atomic mass is 10.1. The number of aryl methyl sites for hydroxylation is 1. The molecule has 2 N–H and O–H groups in total. The second-order valence-corrected chi connectivity index (χ2v) is 5.29. The highest BCUT2D eigenvalue weighted by Gasteiger charge is 2.08. The molecule has 1 aromatic heterocycles. The largest absolute Gasteiger partial charge is 0.398 e. The Kier molecular flexibility index (Phi) is 2.76. The molecule has 0 saturated heterocycles. The Morgan fingerprint density at radius 2 is 2.00 bits per heavy atom. The van der Waals surface area contributed by atoms with Gasteiger partial charge in [0, 0.05) is 11.3 Å². The van der Waals surface area contributed by atoms with E-state index in [1.807, 2.05) is 24.3 Å². The highest BCUT2D eigenvalue weighted by molar-refractivity contribution is 7.21. The number of nitrogens with zero attached hydrogens (tertiary/aromatic N) is 1. The summed E-state index contributed by atoms with van der Waals surface area (Å²) in [6.45, 7) is 2.16. The van der Waals surface area contributed by atoms with Crippen LogP contribution in [0.15, 0.2) is 42.5 Å². The van der Waals surface area contributed by atoms with Gasteiger partial charge in [0.25, 0.3) is 0 Å². The lowest BCUT2D eigenvalue weighted by Gasteiger charge is -1.99. The number of benzene rings is 2. The van der Waals surface area contributed by atoms with Gasteiger partial charge in [0.15, 0.2) is 0 Å². The van der Waals surface area contributed by atoms with E-state index in [1.54, 1.807) is 11.3 Å². The van der Waals surface area contributed by atoms with Crippen LogP contribution >= 0.6 is 11.3 Å². The number of hydrogen-bond acceptors (Lipinski definition) is 3. The Morgan fingerprint density at radius 3 is 2.78 bits per heavy atom. The third-order valence-electron chi connectivity index (χ3n) is 3.05. The number of para-hydroxylation sites is 1. The van der Waals surface area contributed by atoms with Crippen molar-refractivity contribution < 1.29 is 0 Å². The average Bonchev–Trinajstić information content (AvgIpc) is 2.81. The van der Waals surface area contributed by atoms with E-state index in [0.717, 1.165) is 28.2 Å². The van der Waals surface area contributed by atoms with Crippen LogP contribution in [0.1, 0.15) is 12.5 Å². The summed E-state index contributed by atoms with van der Waals surface area (Å²) in [6, 6.07) is 14.3. The molecule has 90 valence electrons. The molecular formula is C15H14N2S. The van der Waals surface area contributed by atoms with E-state index >= 15 is 0 Å². The van der Waals surface area contributed by atoms with Crippen LogP contribution in [0.4, 0.5) is 5.69 Å². The van der Waals surface area contributed by atoms with Crippen molar-refractivity contribution in [2.24, 2.45) is 0 Å². The third kappa shape index (κ3) is 1.87. The van der Waals surface area contributed by atoms with E-state index in [2.05, 4.69) is 30.1 Å². The second-order valence-electron chi connectivity index (χ2n) is 4.26. The summed E-state index contributed by atoms with van der Waals surface area (Å²) in [5.41, 5.74) is 10.2. The molecule has 0 spiro atoms. The number of nitrogens with two attached hydrogens (primary N) is 1. The molecule has 0 bridgehead atoms. The van der Waals surface area contributed by atoms with Crippen molar-refractivity contribution in [3.8, 4) is 10.6 Å². The van der Waals surface area contributed by atoms with Gasteiger partial charge in [-0.05, 0) is 36.2 Å². The normalized spacial score (nSPS) is 10.9. The molecular weight excluding hydrogens is 240 g/mol. The van der Waals surface area contributed by atoms with Gasteiger partial charge in [0.2, 0.25) is 0 Å². The molecule has 0 amide bonds. The average molecular weight is 254 g/mol. The number of fused-ring (bicyclic) bond motifs is 1. The van der Waals surface area contributed by atoms with Crippen molar-refractivity contribution in [1.82, 2.24) is 4.98 Å². The summed E-state index contributed by atoms with van der Waals surface area (Å²) in [5, 5.41) is 0.997. The molecule has 2 nitrogen and oxygen atoms in total. The minimum absolute atomic E-state index is 0.785. The summed E-state index contributed by atoms with van der Waals surface area (Å²) in [4.78, 5) is 4.66. The van der Waals surface area contributed by atoms with Gasteiger partial charge in [-0.2, -0.15) is 0 Å². The first-order chi connectivity index (χ1) is 8.78. The Bertz CT molecular complexity index is 701. The zero-order chi connectivity index (χ0) is 12.5. The van der Waals surface area contributed by atoms with Crippen LogP contribution in [-0.2, 0) is 6.42 Å². The summed E-state index contributed by atoms with van der Waals surface area (Å²) in [5.74, 6) is 0. The SMILES string of the molecule is CCc1ccc2nc(-c3ccccc3N)sc2c1. The van der Waals surface area contributed by atoms with E-state index in [4.69, 9.17) is 5.73 Å². The molecule has 3 heteroatoms. The maximum Gasteiger partial charge on any atom is 0.126 e. The first-order valence-corrected chi connectivity index (χ1v) is 6.84. The van der Waals surface area contributed by atoms with Gasteiger partial charge in [-0.1, -0.05) is 25.1 Å². The summed E-state index contributed by atoms with van der Waals surface area (Å²) in [6.07, 6.45) is 1.05. The molecule has 0 saturated carbocycles. The van der Waals surface area contributed by atoms with Crippen LogP contribution in [-0.4, -0.2) is 4.98 Å². The van der Waals surface area contributed by atoms with E-state index in [-0.39, 0.29) is 0 Å². The molecule has 2 aromatic carbocycles. The van der Waals surface area contributed by atoms with E-state index in [1.165, 1.54) is 10.3 Å². The highest BCUT2D eigenvalue weighted by atomic mass is 32.1. The van der Waals surface area contributed by atoms with E-state index in [9.17, 15) is 0 Å². The first-order valence-electron chi connectivity index (χ1n) is 6.02. The summed E-state index contributed by atoms with van der Waals surface area (Å²) in [7, 11) is 0. The first kappa shape index (κ1) is 11.2. The molecule has 0 unspecified atom stereocenters. The van der Waals surface area contributed by atoms with Gasteiger partial charge < -0.3 is 5.73 Å². The minimum Gasteiger partial charge on any atom is -0.398 e. The fourth-order valence-corrected chi connectivity index (χ4v) is 3.07. The van der Waals surface area contributed by atoms with Crippen molar-refractivity contribution >= 4 is 27.2 Å². The van der Waals surface area contributed by atoms with Gasteiger partial charge in [0.05, 0.1) is 10.2 Å². The lowest BCUT2D eigenvalue weighted by molar-refractivity contribution is 1.15. The Hall–Kier alpha value is -1.87. The second kappa shape index (κ2) is 4.42. The van der Waals surface area contributed by atoms with Crippen LogP contribution < -0.4 is 5.73 Å². The molecule has 0 atom stereocenters. The predicted molar refractivity (Wildman–Crippen MR) is 78.8 cm³/mol. The van der Waals surface area contributed by atoms with Crippen molar-refractivity contribution in [2.75, 3.05) is 5.73 Å². The smallest absolute Gasteiger partial charge is 0.126 e. The molecule has 0 aliphatic rings. The fourth-order valence-electron chi connectivity index (χ4n) is 2.00. The Labute approximate surface area is 110 Å². The molecule has 0 aliphatic carbocycles. The van der Waals surface area contributed by atoms with Gasteiger partial charge in [-0.25, -0.2) is 4.98 Å². The molecule has 3 aromatic rings. The van der Waals surface area contributed by atoms with Crippen molar-refractivity contribution in [3.63, 3.8) is 0 Å². The molecule has 0 radical (unpaired) electrons. The highest BCUT2D eigenvalue weighted by Crippen LogP contribution is 2.33. The predicted octanol–water partition coefficient (Wildman–Crippen LogP) is 4.11. The number of thiazole rings is 1. The molecule has 18 heavy (non-hydrogen) atoms. The van der Waals surface area contributed by atoms with Crippen LogP contribution in [0.5, 0.6) is 0 Å². The van der Waals surface area contributed by atoms with Gasteiger partial charge in [-0.15, -0.1) is 11.3 Å². The minimum atomic E-state index is 0.785. The molecule has 1 heterocycles. The standard InChI is InChI=1S/C15H14N2S/c1-2-10-7-8-13-14(9-10)18-15(17-13)11-5-3-4-6-12(11)16/h3-9H,2,16H2,1H3. The van der Waals surface area contributed by atoms with Gasteiger partial charge >= 0.3 is 0 Å². The zero-order valence-electron chi connectivity index (χ0n) is 10.2. The van der Waals surface area contributed by atoms with E-state index < -0.39 is 0 Å². The zero-order valence-corrected chi connectivity index (χ0v) is 11.0. The van der Waals surface area contributed by atoms with Crippen molar-refractivity contribution in [2.45, 2.75) is 13.3 Å². The molecule has 0 aliphatic heterocycles. The van der Waals surface area contributed by atoms with Crippen LogP contribution in [0.25, 0.3) is 20.8 Å². The van der Waals surface area contributed by atoms with Crippen molar-refractivity contribution in [3.05, 3.63) is 48.0 Å².